The van der Waals surface area contributed by atoms with Crippen molar-refractivity contribution < 1.29 is 9.53 Å². The molecule has 1 aliphatic rings. The first-order chi connectivity index (χ1) is 14.5. The lowest BCUT2D eigenvalue weighted by Gasteiger charge is -2.34. The van der Waals surface area contributed by atoms with E-state index in [1.165, 1.54) is 0 Å². The van der Waals surface area contributed by atoms with Crippen molar-refractivity contribution in [3.63, 3.8) is 0 Å². The van der Waals surface area contributed by atoms with Gasteiger partial charge in [0.05, 0.1) is 18.8 Å². The second-order valence-corrected chi connectivity index (χ2v) is 8.23. The van der Waals surface area contributed by atoms with E-state index in [0.717, 1.165) is 48.1 Å². The van der Waals surface area contributed by atoms with Crippen molar-refractivity contribution in [3.8, 4) is 5.75 Å². The normalized spacial score (nSPS) is 15.5. The van der Waals surface area contributed by atoms with Gasteiger partial charge in [-0.2, -0.15) is 0 Å². The summed E-state index contributed by atoms with van der Waals surface area (Å²) in [6, 6.07) is 13.5. The second kappa shape index (κ2) is 10.4. The van der Waals surface area contributed by atoms with Gasteiger partial charge in [0.2, 0.25) is 5.91 Å². The number of piperidine rings is 1. The van der Waals surface area contributed by atoms with E-state index < -0.39 is 0 Å². The maximum absolute atomic E-state index is 13.1. The first-order valence-electron chi connectivity index (χ1n) is 10.4. The smallest absolute Gasteiger partial charge is 0.224 e. The average Bonchev–Trinajstić information content (AvgIpc) is 2.77. The largest absolute Gasteiger partial charge is 0.497 e. The third-order valence-corrected chi connectivity index (χ3v) is 5.64. The molecule has 1 unspecified atom stereocenters. The molecule has 0 bridgehead atoms. The zero-order valence-corrected chi connectivity index (χ0v) is 18.6. The number of aromatic nitrogens is 1. The van der Waals surface area contributed by atoms with Crippen LogP contribution in [0.15, 0.2) is 48.7 Å². The molecule has 1 aromatic heterocycles. The lowest BCUT2D eigenvalue weighted by atomic mass is 9.94. The predicted octanol–water partition coefficient (Wildman–Crippen LogP) is 3.29. The monoisotopic (exact) mass is 426 g/mol. The quantitative estimate of drug-likeness (QED) is 0.691. The molecule has 2 heterocycles. The third kappa shape index (κ3) is 5.69. The Hall–Kier alpha value is -2.67. The van der Waals surface area contributed by atoms with Crippen LogP contribution in [-0.4, -0.2) is 47.1 Å². The van der Waals surface area contributed by atoms with Gasteiger partial charge >= 0.3 is 0 Å². The first-order valence-corrected chi connectivity index (χ1v) is 10.8. The minimum absolute atomic E-state index is 0.0417. The van der Waals surface area contributed by atoms with E-state index >= 15 is 0 Å². The molecule has 0 saturated carbocycles. The van der Waals surface area contributed by atoms with E-state index in [2.05, 4.69) is 34.4 Å². The van der Waals surface area contributed by atoms with Crippen molar-refractivity contribution in [3.05, 3.63) is 59.9 Å². The highest BCUT2D eigenvalue weighted by Crippen LogP contribution is 2.26. The molecule has 6 nitrogen and oxygen atoms in total. The van der Waals surface area contributed by atoms with Gasteiger partial charge in [-0.15, -0.1) is 0 Å². The van der Waals surface area contributed by atoms with Crippen molar-refractivity contribution in [1.82, 2.24) is 20.5 Å². The Morgan fingerprint density at radius 2 is 1.93 bits per heavy atom. The topological polar surface area (TPSA) is 66.5 Å². The van der Waals surface area contributed by atoms with Crippen LogP contribution >= 0.6 is 12.2 Å². The van der Waals surface area contributed by atoms with Gasteiger partial charge in [0.15, 0.2) is 5.11 Å². The fourth-order valence-corrected chi connectivity index (χ4v) is 4.06. The number of thiocarbonyl (C=S) groups is 1. The van der Waals surface area contributed by atoms with Crippen molar-refractivity contribution in [2.75, 3.05) is 20.2 Å². The van der Waals surface area contributed by atoms with Crippen molar-refractivity contribution in [1.29, 1.82) is 0 Å². The number of nitrogens with one attached hydrogen (secondary N) is 2. The first kappa shape index (κ1) is 22.0. The van der Waals surface area contributed by atoms with Gasteiger partial charge in [0, 0.05) is 31.2 Å². The highest BCUT2D eigenvalue weighted by Gasteiger charge is 2.28. The van der Waals surface area contributed by atoms with Crippen LogP contribution in [-0.2, 0) is 4.79 Å². The lowest BCUT2D eigenvalue weighted by molar-refractivity contribution is -0.126. The molecule has 3 rings (SSSR count). The van der Waals surface area contributed by atoms with Gasteiger partial charge in [-0.25, -0.2) is 0 Å². The van der Waals surface area contributed by atoms with Crippen molar-refractivity contribution >= 4 is 23.2 Å². The number of likely N-dealkylation sites (tertiary alicyclic amines) is 1. The fraction of sp³-hybridized carbons (Fsp3) is 0.435. The van der Waals surface area contributed by atoms with Crippen LogP contribution in [0.1, 0.15) is 44.0 Å². The van der Waals surface area contributed by atoms with Crippen LogP contribution in [0.5, 0.6) is 5.75 Å². The van der Waals surface area contributed by atoms with Gasteiger partial charge in [-0.05, 0) is 68.7 Å². The van der Waals surface area contributed by atoms with Gasteiger partial charge < -0.3 is 20.3 Å². The highest BCUT2D eigenvalue weighted by atomic mass is 32.1. The molecule has 1 aliphatic heterocycles. The van der Waals surface area contributed by atoms with Crippen molar-refractivity contribution in [2.45, 2.75) is 38.8 Å². The van der Waals surface area contributed by atoms with E-state index in [1.54, 1.807) is 13.3 Å². The van der Waals surface area contributed by atoms with E-state index in [9.17, 15) is 4.79 Å². The summed E-state index contributed by atoms with van der Waals surface area (Å²) in [5.74, 6) is 0.762. The lowest BCUT2D eigenvalue weighted by Crippen LogP contribution is -2.48. The molecule has 0 aliphatic carbocycles. The zero-order valence-electron chi connectivity index (χ0n) is 17.8. The average molecular weight is 427 g/mol. The van der Waals surface area contributed by atoms with Crippen LogP contribution in [0, 0.1) is 5.92 Å². The Balaban J connectivity index is 1.69. The number of nitrogens with zero attached hydrogens (tertiary/aromatic N) is 2. The van der Waals surface area contributed by atoms with Gasteiger partial charge in [-0.1, -0.05) is 18.2 Å². The van der Waals surface area contributed by atoms with Crippen molar-refractivity contribution in [2.24, 2.45) is 5.92 Å². The summed E-state index contributed by atoms with van der Waals surface area (Å²) in [4.78, 5) is 19.8. The summed E-state index contributed by atoms with van der Waals surface area (Å²) < 4.78 is 5.37. The standard InChI is InChI=1S/C23H30N4O2S/c1-16(2)25-23(30)27-13-10-17(11-14-27)22(28)26-21(20-9-4-5-12-24-20)18-7-6-8-19(15-18)29-3/h4-9,12,15-17,21H,10-11,13-14H2,1-3H3,(H,25,30)(H,26,28). The molecule has 1 fully saturated rings. The number of ether oxygens (including phenoxy) is 1. The number of benzene rings is 1. The molecule has 30 heavy (non-hydrogen) atoms. The summed E-state index contributed by atoms with van der Waals surface area (Å²) in [5.41, 5.74) is 1.75. The number of rotatable bonds is 6. The Labute approximate surface area is 184 Å². The van der Waals surface area contributed by atoms with E-state index in [4.69, 9.17) is 17.0 Å². The maximum Gasteiger partial charge on any atom is 0.224 e. The summed E-state index contributed by atoms with van der Waals surface area (Å²) in [7, 11) is 1.64. The summed E-state index contributed by atoms with van der Waals surface area (Å²) in [6.45, 7) is 5.71. The molecule has 1 atom stereocenters. The van der Waals surface area contributed by atoms with Gasteiger partial charge in [-0.3, -0.25) is 9.78 Å². The van der Waals surface area contributed by atoms with Crippen LogP contribution < -0.4 is 15.4 Å². The molecule has 2 aromatic rings. The molecule has 1 saturated heterocycles. The predicted molar refractivity (Wildman–Crippen MR) is 122 cm³/mol. The zero-order chi connectivity index (χ0) is 21.5. The van der Waals surface area contributed by atoms with Gasteiger partial charge in [0.25, 0.3) is 0 Å². The molecule has 1 amide bonds. The number of methoxy groups -OCH3 is 1. The molecule has 0 radical (unpaired) electrons. The SMILES string of the molecule is COc1cccc(C(NC(=O)C2CCN(C(=S)NC(C)C)CC2)c2ccccn2)c1. The molecular weight excluding hydrogens is 396 g/mol. The molecule has 7 heteroatoms. The number of hydrogen-bond donors (Lipinski definition) is 2. The summed E-state index contributed by atoms with van der Waals surface area (Å²) in [6.07, 6.45) is 3.30. The molecule has 0 spiro atoms. The Morgan fingerprint density at radius 3 is 2.57 bits per heavy atom. The third-order valence-electron chi connectivity index (χ3n) is 5.26. The molecular formula is C23H30N4O2S. The number of carbonyl (C=O) groups is 1. The fourth-order valence-electron chi connectivity index (χ4n) is 3.64. The minimum atomic E-state index is -0.324. The van der Waals surface area contributed by atoms with Crippen LogP contribution in [0.25, 0.3) is 0 Å². The Bertz CT molecular complexity index is 851. The van der Waals surface area contributed by atoms with Crippen LogP contribution in [0.3, 0.4) is 0 Å². The summed E-state index contributed by atoms with van der Waals surface area (Å²) in [5, 5.41) is 7.27. The van der Waals surface area contributed by atoms with Crippen LogP contribution in [0.4, 0.5) is 0 Å². The van der Waals surface area contributed by atoms with E-state index in [1.807, 2.05) is 42.5 Å². The van der Waals surface area contributed by atoms with E-state index in [-0.39, 0.29) is 17.9 Å². The number of carbonyl (C=O) groups excluding carboxylic acids is 1. The van der Waals surface area contributed by atoms with E-state index in [0.29, 0.717) is 6.04 Å². The summed E-state index contributed by atoms with van der Waals surface area (Å²) >= 11 is 5.47. The Kier molecular flexibility index (Phi) is 7.63. The van der Waals surface area contributed by atoms with Crippen LogP contribution in [0.2, 0.25) is 0 Å². The maximum atomic E-state index is 13.1. The number of hydrogen-bond acceptors (Lipinski definition) is 4. The molecule has 2 N–H and O–H groups in total. The Morgan fingerprint density at radius 1 is 1.17 bits per heavy atom. The minimum Gasteiger partial charge on any atom is -0.497 e. The molecule has 1 aromatic carbocycles. The molecule has 160 valence electrons. The van der Waals surface area contributed by atoms with Gasteiger partial charge in [0.1, 0.15) is 5.75 Å². The number of pyridine rings is 1. The number of amides is 1. The highest BCUT2D eigenvalue weighted by molar-refractivity contribution is 7.80. The second-order valence-electron chi connectivity index (χ2n) is 7.84.